The highest BCUT2D eigenvalue weighted by Gasteiger charge is 2.20. The average molecular weight is 1160 g/mol. The second-order valence-corrected chi connectivity index (χ2v) is 25.9. The predicted molar refractivity (Wildman–Crippen MR) is 358 cm³/mol. The zero-order valence-electron chi connectivity index (χ0n) is 56.1. The van der Waals surface area contributed by atoms with Crippen molar-refractivity contribution in [2.45, 2.75) is 444 Å². The van der Waals surface area contributed by atoms with Crippen molar-refractivity contribution in [3.63, 3.8) is 0 Å². The van der Waals surface area contributed by atoms with Crippen molar-refractivity contribution in [1.29, 1.82) is 0 Å². The summed E-state index contributed by atoms with van der Waals surface area (Å²) in [6, 6.07) is 0. The maximum absolute atomic E-state index is 13.0. The molecule has 0 spiro atoms. The topological polar surface area (TPSA) is 78.9 Å². The summed E-state index contributed by atoms with van der Waals surface area (Å²) in [6.07, 6.45) is 86.8. The Morgan fingerprint density at radius 1 is 0.232 bits per heavy atom. The van der Waals surface area contributed by atoms with Gasteiger partial charge in [-0.3, -0.25) is 14.4 Å². The van der Waals surface area contributed by atoms with E-state index >= 15 is 0 Å². The highest BCUT2D eigenvalue weighted by molar-refractivity contribution is 5.71. The number of esters is 3. The number of unbranched alkanes of at least 4 members (excludes halogenated alkanes) is 58. The number of ether oxygens (including phenoxy) is 3. The second-order valence-electron chi connectivity index (χ2n) is 25.9. The van der Waals surface area contributed by atoms with Gasteiger partial charge in [-0.25, -0.2) is 0 Å². The van der Waals surface area contributed by atoms with E-state index in [0.717, 1.165) is 57.8 Å². The van der Waals surface area contributed by atoms with Gasteiger partial charge in [-0.1, -0.05) is 386 Å². The van der Waals surface area contributed by atoms with Crippen molar-refractivity contribution in [3.8, 4) is 0 Å². The normalized spacial score (nSPS) is 12.0. The number of hydrogen-bond donors (Lipinski definition) is 0. The van der Waals surface area contributed by atoms with Crippen LogP contribution < -0.4 is 0 Å². The third-order valence-corrected chi connectivity index (χ3v) is 17.5. The van der Waals surface area contributed by atoms with Crippen molar-refractivity contribution in [3.05, 3.63) is 12.2 Å². The fraction of sp³-hybridized carbons (Fsp3) is 0.934. The molecule has 0 aromatic rings. The second kappa shape index (κ2) is 71.6. The smallest absolute Gasteiger partial charge is 0.306 e. The van der Waals surface area contributed by atoms with E-state index in [1.54, 1.807) is 0 Å². The molecule has 6 nitrogen and oxygen atoms in total. The highest BCUT2D eigenvalue weighted by atomic mass is 16.6. The van der Waals surface area contributed by atoms with Crippen LogP contribution in [0.1, 0.15) is 438 Å². The third-order valence-electron chi connectivity index (χ3n) is 17.5. The van der Waals surface area contributed by atoms with Crippen LogP contribution in [-0.2, 0) is 28.6 Å². The van der Waals surface area contributed by atoms with E-state index in [2.05, 4.69) is 32.9 Å². The monoisotopic (exact) mass is 1160 g/mol. The lowest BCUT2D eigenvalue weighted by Crippen LogP contribution is -2.30. The van der Waals surface area contributed by atoms with E-state index in [0.29, 0.717) is 19.3 Å². The van der Waals surface area contributed by atoms with E-state index in [4.69, 9.17) is 14.2 Å². The number of rotatable bonds is 71. The van der Waals surface area contributed by atoms with Crippen molar-refractivity contribution in [2.75, 3.05) is 13.2 Å². The van der Waals surface area contributed by atoms with E-state index in [1.807, 2.05) is 0 Å². The summed E-state index contributed by atoms with van der Waals surface area (Å²) in [5.41, 5.74) is 0. The zero-order chi connectivity index (χ0) is 59.2. The van der Waals surface area contributed by atoms with Gasteiger partial charge in [0, 0.05) is 19.3 Å². The molecule has 1 atom stereocenters. The van der Waals surface area contributed by atoms with E-state index in [-0.39, 0.29) is 31.1 Å². The van der Waals surface area contributed by atoms with E-state index in [9.17, 15) is 14.4 Å². The molecular weight excluding hydrogens is 1010 g/mol. The lowest BCUT2D eigenvalue weighted by atomic mass is 10.0. The van der Waals surface area contributed by atoms with Gasteiger partial charge in [-0.05, 0) is 44.9 Å². The van der Waals surface area contributed by atoms with Crippen LogP contribution in [0.3, 0.4) is 0 Å². The molecule has 1 unspecified atom stereocenters. The van der Waals surface area contributed by atoms with Gasteiger partial charge >= 0.3 is 17.9 Å². The maximum Gasteiger partial charge on any atom is 0.306 e. The summed E-state index contributed by atoms with van der Waals surface area (Å²) >= 11 is 0. The molecule has 0 aromatic heterocycles. The molecule has 0 saturated carbocycles. The van der Waals surface area contributed by atoms with Crippen LogP contribution in [-0.4, -0.2) is 37.2 Å². The minimum atomic E-state index is -0.766. The molecule has 0 saturated heterocycles. The molecule has 0 aromatic carbocycles. The minimum absolute atomic E-state index is 0.0621. The molecule has 0 aliphatic carbocycles. The number of carbonyl (C=O) groups is 3. The van der Waals surface area contributed by atoms with Crippen LogP contribution in [0.4, 0.5) is 0 Å². The quantitative estimate of drug-likeness (QED) is 0.0261. The molecule has 0 aliphatic rings. The van der Waals surface area contributed by atoms with Crippen molar-refractivity contribution < 1.29 is 28.6 Å². The molecule has 82 heavy (non-hydrogen) atoms. The fourth-order valence-corrected chi connectivity index (χ4v) is 11.9. The Kier molecular flexibility index (Phi) is 70.0. The van der Waals surface area contributed by atoms with Gasteiger partial charge in [0.15, 0.2) is 6.10 Å². The fourth-order valence-electron chi connectivity index (χ4n) is 11.9. The van der Waals surface area contributed by atoms with Gasteiger partial charge < -0.3 is 14.2 Å². The summed E-state index contributed by atoms with van der Waals surface area (Å²) in [4.78, 5) is 38.5. The molecular formula is C76H146O6. The Hall–Kier alpha value is -1.85. The summed E-state index contributed by atoms with van der Waals surface area (Å²) in [5, 5.41) is 0. The minimum Gasteiger partial charge on any atom is -0.462 e. The van der Waals surface area contributed by atoms with Gasteiger partial charge in [0.25, 0.3) is 0 Å². The molecule has 0 heterocycles. The van der Waals surface area contributed by atoms with Gasteiger partial charge in [-0.15, -0.1) is 0 Å². The Morgan fingerprint density at radius 3 is 0.610 bits per heavy atom. The van der Waals surface area contributed by atoms with Crippen LogP contribution >= 0.6 is 0 Å². The average Bonchev–Trinajstić information content (AvgIpc) is 3.47. The number of allylic oxidation sites excluding steroid dienone is 2. The summed E-state index contributed by atoms with van der Waals surface area (Å²) in [7, 11) is 0. The molecule has 0 rings (SSSR count). The van der Waals surface area contributed by atoms with Gasteiger partial charge in [-0.2, -0.15) is 0 Å². The van der Waals surface area contributed by atoms with Gasteiger partial charge in [0.1, 0.15) is 13.2 Å². The van der Waals surface area contributed by atoms with Crippen molar-refractivity contribution >= 4 is 17.9 Å². The van der Waals surface area contributed by atoms with E-state index < -0.39 is 6.10 Å². The lowest BCUT2D eigenvalue weighted by Gasteiger charge is -2.18. The number of carbonyl (C=O) groups excluding carboxylic acids is 3. The first-order chi connectivity index (χ1) is 40.5. The SMILES string of the molecule is CCCCCCCCCC/C=C\CCCCCCCCCCCCCCCC(=O)OCC(COC(=O)CCCCCCCCCCCCCCCCCC)OC(=O)CCCCCCCCCCCCCCCCCCCCCCCCC. The Morgan fingerprint density at radius 2 is 0.402 bits per heavy atom. The first-order valence-electron chi connectivity index (χ1n) is 37.7. The van der Waals surface area contributed by atoms with Crippen LogP contribution in [0, 0.1) is 0 Å². The van der Waals surface area contributed by atoms with Crippen LogP contribution in [0.5, 0.6) is 0 Å². The summed E-state index contributed by atoms with van der Waals surface area (Å²) in [6.45, 7) is 6.75. The van der Waals surface area contributed by atoms with Gasteiger partial charge in [0.2, 0.25) is 0 Å². The van der Waals surface area contributed by atoms with Crippen LogP contribution in [0.2, 0.25) is 0 Å². The molecule has 0 fully saturated rings. The summed E-state index contributed by atoms with van der Waals surface area (Å²) < 4.78 is 17.1. The Labute approximate surface area is 513 Å². The first kappa shape index (κ1) is 80.2. The first-order valence-corrected chi connectivity index (χ1v) is 37.7. The summed E-state index contributed by atoms with van der Waals surface area (Å²) in [5.74, 6) is -0.821. The molecule has 0 bridgehead atoms. The van der Waals surface area contributed by atoms with E-state index in [1.165, 1.54) is 340 Å². The molecule has 0 aliphatic heterocycles. The third kappa shape index (κ3) is 68.9. The van der Waals surface area contributed by atoms with Crippen molar-refractivity contribution in [2.24, 2.45) is 0 Å². The molecule has 0 radical (unpaired) electrons. The number of hydrogen-bond acceptors (Lipinski definition) is 6. The van der Waals surface area contributed by atoms with Crippen LogP contribution in [0.25, 0.3) is 0 Å². The molecule has 0 N–H and O–H groups in total. The highest BCUT2D eigenvalue weighted by Crippen LogP contribution is 2.20. The standard InChI is InChI=1S/C76H146O6/c1-4-7-10-13-16-19-22-25-28-31-33-35-37-38-40-41-43-45-48-51-54-57-60-63-66-69-75(78)81-72-73(71-80-74(77)68-65-62-59-56-53-50-47-30-27-24-21-18-15-12-9-6-3)82-76(79)70-67-64-61-58-55-52-49-46-44-42-39-36-34-32-29-26-23-20-17-14-11-8-5-2/h31,33,73H,4-30,32,34-72H2,1-3H3/b33-31-. The molecule has 486 valence electrons. The zero-order valence-corrected chi connectivity index (χ0v) is 56.1. The molecule has 0 amide bonds. The Bertz CT molecular complexity index is 1280. The largest absolute Gasteiger partial charge is 0.462 e. The van der Waals surface area contributed by atoms with Crippen LogP contribution in [0.15, 0.2) is 12.2 Å². The Balaban J connectivity index is 4.24. The maximum atomic E-state index is 13.0. The molecule has 6 heteroatoms. The predicted octanol–water partition coefficient (Wildman–Crippen LogP) is 26.0. The van der Waals surface area contributed by atoms with Crippen molar-refractivity contribution in [1.82, 2.24) is 0 Å². The lowest BCUT2D eigenvalue weighted by molar-refractivity contribution is -0.167. The van der Waals surface area contributed by atoms with Gasteiger partial charge in [0.05, 0.1) is 0 Å².